The maximum absolute atomic E-state index is 5.66. The summed E-state index contributed by atoms with van der Waals surface area (Å²) >= 11 is 0. The van der Waals surface area contributed by atoms with Crippen molar-refractivity contribution in [3.05, 3.63) is 158 Å². The largest absolute Gasteiger partial charge is 0.258 e. The Hall–Kier alpha value is -3.96. The highest BCUT2D eigenvalue weighted by molar-refractivity contribution is 7.80. The monoisotopic (exact) mass is 554 g/mol. The number of fused-ring (bicyclic) bond motifs is 1. The minimum atomic E-state index is -2.10. The molecule has 0 unspecified atom stereocenters. The van der Waals surface area contributed by atoms with Crippen LogP contribution in [0.1, 0.15) is 0 Å². The third-order valence-corrected chi connectivity index (χ3v) is 14.0. The number of nitrogens with zero attached hydrogens (tertiary/aromatic N) is 2. The van der Waals surface area contributed by atoms with E-state index in [2.05, 4.69) is 171 Å². The average Bonchev–Trinajstić information content (AvgIpc) is 3.03. The molecule has 0 fully saturated rings. The molecule has 0 heterocycles. The van der Waals surface area contributed by atoms with Crippen LogP contribution in [0.2, 0.25) is 0 Å². The van der Waals surface area contributed by atoms with Crippen molar-refractivity contribution in [2.24, 2.45) is 9.49 Å². The second-order valence-corrected chi connectivity index (χ2v) is 16.4. The molecule has 0 N–H and O–H groups in total. The molecule has 0 amide bonds. The Morgan fingerprint density at radius 1 is 0.350 bits per heavy atom. The van der Waals surface area contributed by atoms with Crippen molar-refractivity contribution in [2.75, 3.05) is 13.3 Å². The SMILES string of the molecule is CP(=Nc1cccc2cccc(N=P(C)(c3ccccc3)c3ccccc3)c12)(c1ccccc1)c1ccccc1. The predicted octanol–water partition coefficient (Wildman–Crippen LogP) is 9.07. The highest BCUT2D eigenvalue weighted by Gasteiger charge is 2.22. The van der Waals surface area contributed by atoms with Crippen molar-refractivity contribution >= 4 is 57.5 Å². The summed E-state index contributed by atoms with van der Waals surface area (Å²) in [4.78, 5) is 0. The van der Waals surface area contributed by atoms with Crippen LogP contribution in [0.5, 0.6) is 0 Å². The molecule has 0 aliphatic rings. The van der Waals surface area contributed by atoms with Crippen LogP contribution in [-0.2, 0) is 0 Å². The van der Waals surface area contributed by atoms with Gasteiger partial charge >= 0.3 is 0 Å². The third kappa shape index (κ3) is 5.02. The first kappa shape index (κ1) is 26.3. The van der Waals surface area contributed by atoms with Crippen LogP contribution in [0.15, 0.2) is 167 Å². The molecule has 0 bridgehead atoms. The summed E-state index contributed by atoms with van der Waals surface area (Å²) in [6.45, 7) is 4.64. The summed E-state index contributed by atoms with van der Waals surface area (Å²) in [7, 11) is -4.19. The Bertz CT molecular complexity index is 1640. The zero-order valence-corrected chi connectivity index (χ0v) is 24.6. The molecule has 0 aromatic heterocycles. The lowest BCUT2D eigenvalue weighted by molar-refractivity contribution is 1.54. The van der Waals surface area contributed by atoms with E-state index in [1.807, 2.05) is 0 Å². The van der Waals surface area contributed by atoms with Gasteiger partial charge in [0.1, 0.15) is 0 Å². The van der Waals surface area contributed by atoms with E-state index < -0.39 is 14.1 Å². The number of rotatable bonds is 6. The number of hydrogen-bond acceptors (Lipinski definition) is 2. The van der Waals surface area contributed by atoms with Crippen molar-refractivity contribution in [2.45, 2.75) is 0 Å². The Morgan fingerprint density at radius 3 is 0.950 bits per heavy atom. The lowest BCUT2D eigenvalue weighted by atomic mass is 10.1. The fourth-order valence-electron chi connectivity index (χ4n) is 5.30. The van der Waals surface area contributed by atoms with Gasteiger partial charge in [-0.25, -0.2) is 0 Å². The first-order chi connectivity index (χ1) is 19.6. The van der Waals surface area contributed by atoms with Gasteiger partial charge in [-0.2, -0.15) is 0 Å². The van der Waals surface area contributed by atoms with Gasteiger partial charge in [-0.3, -0.25) is 9.49 Å². The summed E-state index contributed by atoms with van der Waals surface area (Å²) in [5, 5.41) is 7.32. The minimum absolute atomic E-state index is 0.994. The molecule has 0 saturated carbocycles. The Balaban J connectivity index is 1.67. The van der Waals surface area contributed by atoms with Gasteiger partial charge in [0.15, 0.2) is 0 Å². The summed E-state index contributed by atoms with van der Waals surface area (Å²) < 4.78 is 11.3. The first-order valence-electron chi connectivity index (χ1n) is 13.5. The van der Waals surface area contributed by atoms with Crippen LogP contribution in [0.3, 0.4) is 0 Å². The average molecular weight is 555 g/mol. The maximum Gasteiger partial charge on any atom is 0.0721 e. The van der Waals surface area contributed by atoms with Gasteiger partial charge < -0.3 is 0 Å². The predicted molar refractivity (Wildman–Crippen MR) is 178 cm³/mol. The third-order valence-electron chi connectivity index (χ3n) is 7.51. The van der Waals surface area contributed by atoms with Crippen LogP contribution in [0.25, 0.3) is 10.8 Å². The molecule has 2 nitrogen and oxygen atoms in total. The Kier molecular flexibility index (Phi) is 7.40. The standard InChI is InChI=1S/C36H32N2P2/c1-39(30-19-7-3-8-20-30,31-21-9-4-10-22-31)37-34-27-15-17-29-18-16-28-35(36(29)34)38-40(2,32-23-11-5-12-24-32)33-25-13-6-14-26-33/h3-28H,1-2H3. The summed E-state index contributed by atoms with van der Waals surface area (Å²) in [5.74, 6) is 0. The zero-order chi connectivity index (χ0) is 27.4. The fraction of sp³-hybridized carbons (Fsp3) is 0.0556. The van der Waals surface area contributed by atoms with E-state index in [0.717, 1.165) is 22.1 Å². The quantitative estimate of drug-likeness (QED) is 0.184. The molecule has 0 aliphatic heterocycles. The van der Waals surface area contributed by atoms with Crippen molar-refractivity contribution in [1.82, 2.24) is 0 Å². The van der Waals surface area contributed by atoms with Gasteiger partial charge in [0.05, 0.1) is 11.4 Å². The molecule has 0 radical (unpaired) electrons. The van der Waals surface area contributed by atoms with E-state index in [4.69, 9.17) is 9.49 Å². The summed E-state index contributed by atoms with van der Waals surface area (Å²) in [6.07, 6.45) is 0. The van der Waals surface area contributed by atoms with E-state index in [0.29, 0.717) is 0 Å². The van der Waals surface area contributed by atoms with Gasteiger partial charge in [0, 0.05) is 19.5 Å². The van der Waals surface area contributed by atoms with E-state index >= 15 is 0 Å². The Morgan fingerprint density at radius 2 is 0.650 bits per heavy atom. The van der Waals surface area contributed by atoms with Crippen molar-refractivity contribution in [3.63, 3.8) is 0 Å². The molecule has 0 spiro atoms. The molecular weight excluding hydrogens is 522 g/mol. The van der Waals surface area contributed by atoms with E-state index in [9.17, 15) is 0 Å². The molecule has 6 rings (SSSR count). The normalized spacial score (nSPS) is 11.8. The highest BCUT2D eigenvalue weighted by atomic mass is 31.2. The van der Waals surface area contributed by atoms with Gasteiger partial charge in [-0.15, -0.1) is 0 Å². The van der Waals surface area contributed by atoms with Crippen molar-refractivity contribution in [1.29, 1.82) is 0 Å². The molecular formula is C36H32N2P2. The molecule has 0 aliphatic carbocycles. The summed E-state index contributed by atoms with van der Waals surface area (Å²) in [5.41, 5.74) is 1.99. The van der Waals surface area contributed by atoms with Crippen LogP contribution in [0.4, 0.5) is 11.4 Å². The van der Waals surface area contributed by atoms with E-state index in [1.54, 1.807) is 0 Å². The molecule has 40 heavy (non-hydrogen) atoms. The topological polar surface area (TPSA) is 24.7 Å². The van der Waals surface area contributed by atoms with Crippen LogP contribution < -0.4 is 21.2 Å². The molecule has 196 valence electrons. The first-order valence-corrected chi connectivity index (χ1v) is 17.9. The molecule has 0 atom stereocenters. The molecule has 4 heteroatoms. The second-order valence-electron chi connectivity index (χ2n) is 10.1. The smallest absolute Gasteiger partial charge is 0.0721 e. The van der Waals surface area contributed by atoms with Gasteiger partial charge in [-0.1, -0.05) is 146 Å². The van der Waals surface area contributed by atoms with E-state index in [1.165, 1.54) is 21.2 Å². The zero-order valence-electron chi connectivity index (χ0n) is 22.8. The fourth-order valence-corrected chi connectivity index (χ4v) is 10.6. The number of hydrogen-bond donors (Lipinski definition) is 0. The van der Waals surface area contributed by atoms with Crippen LogP contribution in [0, 0.1) is 0 Å². The lowest BCUT2D eigenvalue weighted by Crippen LogP contribution is -2.15. The molecule has 0 saturated heterocycles. The lowest BCUT2D eigenvalue weighted by Gasteiger charge is -2.23. The summed E-state index contributed by atoms with van der Waals surface area (Å²) in [6, 6.07) is 55.9. The molecule has 6 aromatic carbocycles. The molecule has 6 aromatic rings. The van der Waals surface area contributed by atoms with Gasteiger partial charge in [-0.05, 0) is 52.1 Å². The minimum Gasteiger partial charge on any atom is -0.258 e. The van der Waals surface area contributed by atoms with Crippen LogP contribution in [-0.4, -0.2) is 13.3 Å². The van der Waals surface area contributed by atoms with Gasteiger partial charge in [0.2, 0.25) is 0 Å². The highest BCUT2D eigenvalue weighted by Crippen LogP contribution is 2.52. The van der Waals surface area contributed by atoms with Crippen molar-refractivity contribution < 1.29 is 0 Å². The van der Waals surface area contributed by atoms with E-state index in [-0.39, 0.29) is 0 Å². The van der Waals surface area contributed by atoms with Gasteiger partial charge in [0.25, 0.3) is 0 Å². The number of benzene rings is 6. The maximum atomic E-state index is 5.66. The van der Waals surface area contributed by atoms with Crippen molar-refractivity contribution in [3.8, 4) is 0 Å². The second kappa shape index (κ2) is 11.3. The van der Waals surface area contributed by atoms with Crippen LogP contribution >= 0.6 is 14.1 Å². The Labute approximate surface area is 237 Å².